The Morgan fingerprint density at radius 3 is 0.807 bits per heavy atom. The highest BCUT2D eigenvalue weighted by Gasteiger charge is 2.18. The Morgan fingerprint density at radius 1 is 0.325 bits per heavy atom. The molecule has 0 heterocycles. The number of hydrogen-bond donors (Lipinski definition) is 1. The molecule has 83 heavy (non-hydrogen) atoms. The maximum Gasteiger partial charge on any atom is 0.344 e. The zero-order valence-electron chi connectivity index (χ0n) is 52.2. The SMILES string of the molecule is CC(=O)C(C)OC(=O)CCCCC(Cl)CCCCCC(Cl)Cl.CC(=O)C(C)OC(=O)CCCCCCCCCCCCl.CC(OC(=O)CCCCC(Cl)CCCCCCCl)C(=O)O.CCCCCCC(Cl)CCCCC(=O)OC(C)C(C)=O. The molecule has 7 atom stereocenters. The smallest absolute Gasteiger partial charge is 0.344 e. The van der Waals surface area contributed by atoms with E-state index in [0.717, 1.165) is 153 Å². The minimum absolute atomic E-state index is 0.104. The Balaban J connectivity index is -0.000000502. The van der Waals surface area contributed by atoms with Crippen molar-refractivity contribution >= 4 is 128 Å². The van der Waals surface area contributed by atoms with Gasteiger partial charge in [-0.15, -0.1) is 81.2 Å². The van der Waals surface area contributed by atoms with Crippen LogP contribution in [0.5, 0.6) is 0 Å². The minimum atomic E-state index is -1.13. The second-order valence-electron chi connectivity index (χ2n) is 21.6. The normalized spacial score (nSPS) is 13.4. The third-order valence-corrected chi connectivity index (χ3v) is 15.7. The summed E-state index contributed by atoms with van der Waals surface area (Å²) in [5, 5.41) is 9.13. The van der Waals surface area contributed by atoms with Crippen LogP contribution in [0, 0.1) is 0 Å². The van der Waals surface area contributed by atoms with E-state index in [4.69, 9.17) is 105 Å². The fraction of sp³-hybridized carbons (Fsp3) is 0.873. The molecular formula is C63H111Cl7O13. The second kappa shape index (κ2) is 63.4. The van der Waals surface area contributed by atoms with Gasteiger partial charge in [0.2, 0.25) is 0 Å². The van der Waals surface area contributed by atoms with Gasteiger partial charge >= 0.3 is 29.8 Å². The maximum absolute atomic E-state index is 11.5. The molecular weight excluding hydrogens is 1210 g/mol. The van der Waals surface area contributed by atoms with Gasteiger partial charge in [0, 0.05) is 53.6 Å². The van der Waals surface area contributed by atoms with Crippen molar-refractivity contribution in [3.05, 3.63) is 0 Å². The molecule has 0 saturated heterocycles. The van der Waals surface area contributed by atoms with Crippen molar-refractivity contribution in [3.63, 3.8) is 0 Å². The summed E-state index contributed by atoms with van der Waals surface area (Å²) in [7, 11) is 0. The van der Waals surface area contributed by atoms with Crippen molar-refractivity contribution in [2.75, 3.05) is 11.8 Å². The van der Waals surface area contributed by atoms with Crippen molar-refractivity contribution in [2.24, 2.45) is 0 Å². The van der Waals surface area contributed by atoms with Crippen LogP contribution >= 0.6 is 81.2 Å². The van der Waals surface area contributed by atoms with Crippen LogP contribution in [0.25, 0.3) is 0 Å². The van der Waals surface area contributed by atoms with Crippen LogP contribution in [0.1, 0.15) is 293 Å². The average molecular weight is 1320 g/mol. The van der Waals surface area contributed by atoms with E-state index in [0.29, 0.717) is 25.7 Å². The predicted octanol–water partition coefficient (Wildman–Crippen LogP) is 19.1. The molecule has 0 fully saturated rings. The van der Waals surface area contributed by atoms with Gasteiger partial charge in [0.15, 0.2) is 41.8 Å². The summed E-state index contributed by atoms with van der Waals surface area (Å²) in [4.78, 5) is 88.8. The van der Waals surface area contributed by atoms with Gasteiger partial charge in [-0.2, -0.15) is 0 Å². The lowest BCUT2D eigenvalue weighted by molar-refractivity contribution is -0.162. The number of unbranched alkanes of at least 4 members (excludes halogenated alkanes) is 19. The van der Waals surface area contributed by atoms with Crippen LogP contribution in [-0.4, -0.2) is 109 Å². The molecule has 7 unspecified atom stereocenters. The zero-order valence-corrected chi connectivity index (χ0v) is 57.5. The molecule has 1 N–H and O–H groups in total. The predicted molar refractivity (Wildman–Crippen MR) is 344 cm³/mol. The highest BCUT2D eigenvalue weighted by Crippen LogP contribution is 2.21. The van der Waals surface area contributed by atoms with Crippen LogP contribution < -0.4 is 0 Å². The fourth-order valence-electron chi connectivity index (χ4n) is 7.71. The molecule has 0 aromatic carbocycles. The number of aliphatic carboxylic acids is 1. The summed E-state index contributed by atoms with van der Waals surface area (Å²) in [6, 6.07) is 0. The molecule has 490 valence electrons. The van der Waals surface area contributed by atoms with E-state index < -0.39 is 36.4 Å². The van der Waals surface area contributed by atoms with Crippen LogP contribution in [0.2, 0.25) is 0 Å². The lowest BCUT2D eigenvalue weighted by Crippen LogP contribution is -2.23. The van der Waals surface area contributed by atoms with E-state index in [1.165, 1.54) is 91.9 Å². The van der Waals surface area contributed by atoms with Gasteiger partial charge in [-0.25, -0.2) is 4.79 Å². The molecule has 0 spiro atoms. The molecule has 0 bridgehead atoms. The summed E-state index contributed by atoms with van der Waals surface area (Å²) in [5.41, 5.74) is 0. The molecule has 0 rings (SSSR count). The number of Topliss-reactive ketones (excluding diaryl/α,β-unsaturated/α-hetero) is 3. The molecule has 0 radical (unpaired) electrons. The number of carboxylic acid groups (broad SMARTS) is 1. The second-order valence-corrected chi connectivity index (χ2v) is 25.5. The number of hydrogen-bond acceptors (Lipinski definition) is 12. The van der Waals surface area contributed by atoms with E-state index >= 15 is 0 Å². The highest BCUT2D eigenvalue weighted by atomic mass is 35.5. The Labute approximate surface area is 537 Å². The zero-order chi connectivity index (χ0) is 63.6. The van der Waals surface area contributed by atoms with Crippen molar-refractivity contribution in [2.45, 2.75) is 338 Å². The monoisotopic (exact) mass is 1320 g/mol. The topological polar surface area (TPSA) is 194 Å². The van der Waals surface area contributed by atoms with Gasteiger partial charge in [-0.3, -0.25) is 33.6 Å². The highest BCUT2D eigenvalue weighted by molar-refractivity contribution is 6.44. The van der Waals surface area contributed by atoms with Gasteiger partial charge < -0.3 is 24.1 Å². The number of rotatable bonds is 51. The number of carboxylic acids is 1. The molecule has 0 amide bonds. The van der Waals surface area contributed by atoms with E-state index in [-0.39, 0.29) is 62.6 Å². The lowest BCUT2D eigenvalue weighted by Gasteiger charge is -2.11. The standard InChI is InChI=1S/C16H27Cl3O3.2C16H29ClO3.C15H26Cl2O4/c1-12(20)13(2)22-16(21)11-7-6-9-14(17)8-4-3-5-10-15(18)19;1-14(18)15(2)20-16(19)12-10-8-6-4-3-5-7-9-11-13-17;1-4-5-6-7-10-15(17)11-8-9-12-16(19)20-14(3)13(2)18;1-12(15(19)20)21-14(18)10-6-5-9-13(17)8-4-2-3-7-11-16/h13-15H,3-11H2,1-2H3;15H,3-13H2,1-2H3;14-15H,4-12H2,1-3H3;12-13H,2-11H2,1H3,(H,19,20). The number of carbonyl (C=O) groups is 8. The first-order valence-corrected chi connectivity index (χ1v) is 34.4. The molecule has 0 saturated carbocycles. The molecule has 20 heteroatoms. The van der Waals surface area contributed by atoms with E-state index in [9.17, 15) is 38.4 Å². The summed E-state index contributed by atoms with van der Waals surface area (Å²) in [5.74, 6) is -1.31. The summed E-state index contributed by atoms with van der Waals surface area (Å²) >= 11 is 41.2. The molecule has 0 aliphatic carbocycles. The van der Waals surface area contributed by atoms with E-state index in [2.05, 4.69) is 6.92 Å². The third-order valence-electron chi connectivity index (χ3n) is 13.5. The van der Waals surface area contributed by atoms with E-state index in [1.807, 2.05) is 0 Å². The number of halogens is 7. The molecule has 13 nitrogen and oxygen atoms in total. The van der Waals surface area contributed by atoms with Crippen molar-refractivity contribution in [3.8, 4) is 0 Å². The van der Waals surface area contributed by atoms with Crippen molar-refractivity contribution in [1.82, 2.24) is 0 Å². The van der Waals surface area contributed by atoms with Gasteiger partial charge in [0.25, 0.3) is 0 Å². The number of ketones is 3. The first-order valence-electron chi connectivity index (χ1n) is 31.2. The molecule has 0 aromatic heterocycles. The Kier molecular flexibility index (Phi) is 67.1. The van der Waals surface area contributed by atoms with Gasteiger partial charge in [0.1, 0.15) is 4.84 Å². The third kappa shape index (κ3) is 69.4. The number of ether oxygens (including phenoxy) is 4. The first kappa shape index (κ1) is 87.8. The van der Waals surface area contributed by atoms with Gasteiger partial charge in [0.05, 0.1) is 0 Å². The molecule has 0 aliphatic heterocycles. The van der Waals surface area contributed by atoms with Crippen molar-refractivity contribution in [1.29, 1.82) is 0 Å². The average Bonchev–Trinajstić information content (AvgIpc) is 3.42. The van der Waals surface area contributed by atoms with Crippen molar-refractivity contribution < 1.29 is 62.4 Å². The Bertz CT molecular complexity index is 1630. The number of alkyl halides is 7. The molecule has 0 aromatic rings. The lowest BCUT2D eigenvalue weighted by atomic mass is 10.1. The Morgan fingerprint density at radius 2 is 0.542 bits per heavy atom. The number of carbonyl (C=O) groups excluding carboxylic acids is 7. The Hall–Kier alpha value is -1.61. The van der Waals surface area contributed by atoms with Gasteiger partial charge in [-0.05, 0) is 132 Å². The minimum Gasteiger partial charge on any atom is -0.479 e. The van der Waals surface area contributed by atoms with Crippen LogP contribution in [0.3, 0.4) is 0 Å². The van der Waals surface area contributed by atoms with Crippen LogP contribution in [-0.2, 0) is 57.3 Å². The van der Waals surface area contributed by atoms with Crippen LogP contribution in [0.4, 0.5) is 0 Å². The summed E-state index contributed by atoms with van der Waals surface area (Å²) in [6.07, 6.45) is 33.1. The van der Waals surface area contributed by atoms with Crippen LogP contribution in [0.15, 0.2) is 0 Å². The van der Waals surface area contributed by atoms with E-state index in [1.54, 1.807) is 20.8 Å². The first-order chi connectivity index (χ1) is 39.3. The van der Waals surface area contributed by atoms with Gasteiger partial charge in [-0.1, -0.05) is 135 Å². The summed E-state index contributed by atoms with van der Waals surface area (Å²) in [6.45, 7) is 12.6. The fourth-order valence-corrected chi connectivity index (χ4v) is 9.32. The quantitative estimate of drug-likeness (QED) is 0.0262. The number of esters is 4. The molecule has 0 aliphatic rings. The largest absolute Gasteiger partial charge is 0.479 e. The maximum atomic E-state index is 11.5. The summed E-state index contributed by atoms with van der Waals surface area (Å²) < 4.78 is 19.7.